The van der Waals surface area contributed by atoms with Crippen molar-refractivity contribution in [2.75, 3.05) is 0 Å². The van der Waals surface area contributed by atoms with Crippen LogP contribution in [0.3, 0.4) is 0 Å². The lowest BCUT2D eigenvalue weighted by Gasteiger charge is -2.09. The fourth-order valence-corrected chi connectivity index (χ4v) is 2.91. The lowest BCUT2D eigenvalue weighted by molar-refractivity contribution is 0.0476. The third-order valence-corrected chi connectivity index (χ3v) is 4.09. The van der Waals surface area contributed by atoms with Crippen LogP contribution in [0.2, 0.25) is 0 Å². The number of carbonyl (C=O) groups is 1. The van der Waals surface area contributed by atoms with Crippen molar-refractivity contribution in [3.63, 3.8) is 0 Å². The molecule has 1 heterocycles. The first-order valence-corrected chi connectivity index (χ1v) is 7.80. The quantitative estimate of drug-likeness (QED) is 0.513. The molecule has 3 aromatic carbocycles. The Morgan fingerprint density at radius 1 is 0.833 bits per heavy atom. The Morgan fingerprint density at radius 3 is 2.54 bits per heavy atom. The molecule has 0 spiro atoms. The zero-order chi connectivity index (χ0) is 16.4. The Bertz CT molecular complexity index is 1030. The highest BCUT2D eigenvalue weighted by molar-refractivity contribution is 6.02. The molecule has 0 aliphatic heterocycles. The van der Waals surface area contributed by atoms with E-state index in [1.807, 2.05) is 54.6 Å². The number of fused-ring (bicyclic) bond motifs is 2. The van der Waals surface area contributed by atoms with Crippen LogP contribution in [0.5, 0.6) is 0 Å². The van der Waals surface area contributed by atoms with Crippen molar-refractivity contribution in [1.82, 2.24) is 4.98 Å². The molecule has 0 saturated carbocycles. The molecule has 0 amide bonds. The number of aromatic nitrogens is 1. The summed E-state index contributed by atoms with van der Waals surface area (Å²) in [7, 11) is 0. The second kappa shape index (κ2) is 6.13. The van der Waals surface area contributed by atoms with E-state index < -0.39 is 0 Å². The van der Waals surface area contributed by atoms with Gasteiger partial charge in [0, 0.05) is 11.6 Å². The Labute approximate surface area is 139 Å². The average Bonchev–Trinajstić information content (AvgIpc) is 2.65. The van der Waals surface area contributed by atoms with E-state index in [4.69, 9.17) is 4.74 Å². The standard InChI is InChI=1S/C21H15NO2/c23-21(19-12-4-8-16-10-5-13-22-20(16)19)24-14-17-9-3-7-15-6-1-2-11-18(15)17/h1-13H,14H2. The molecule has 0 unspecified atom stereocenters. The van der Waals surface area contributed by atoms with Crippen LogP contribution in [0.25, 0.3) is 21.7 Å². The Hall–Kier alpha value is -3.20. The minimum Gasteiger partial charge on any atom is -0.457 e. The molecule has 0 fully saturated rings. The number of hydrogen-bond donors (Lipinski definition) is 0. The van der Waals surface area contributed by atoms with E-state index in [0.29, 0.717) is 11.1 Å². The molecule has 0 atom stereocenters. The zero-order valence-corrected chi connectivity index (χ0v) is 13.0. The number of esters is 1. The summed E-state index contributed by atoms with van der Waals surface area (Å²) in [4.78, 5) is 16.8. The monoisotopic (exact) mass is 313 g/mol. The van der Waals surface area contributed by atoms with E-state index in [1.165, 1.54) is 0 Å². The van der Waals surface area contributed by atoms with E-state index in [1.54, 1.807) is 12.3 Å². The van der Waals surface area contributed by atoms with Gasteiger partial charge in [0.1, 0.15) is 6.61 Å². The first-order valence-electron chi connectivity index (χ1n) is 7.80. The van der Waals surface area contributed by atoms with Gasteiger partial charge in [0.2, 0.25) is 0 Å². The molecule has 3 heteroatoms. The van der Waals surface area contributed by atoms with Gasteiger partial charge in [0.25, 0.3) is 0 Å². The van der Waals surface area contributed by atoms with Gasteiger partial charge in [-0.15, -0.1) is 0 Å². The van der Waals surface area contributed by atoms with Gasteiger partial charge in [-0.25, -0.2) is 4.79 Å². The highest BCUT2D eigenvalue weighted by Gasteiger charge is 2.13. The van der Waals surface area contributed by atoms with Crippen LogP contribution >= 0.6 is 0 Å². The number of ether oxygens (including phenoxy) is 1. The summed E-state index contributed by atoms with van der Waals surface area (Å²) in [6.07, 6.45) is 1.68. The van der Waals surface area contributed by atoms with E-state index in [-0.39, 0.29) is 12.6 Å². The van der Waals surface area contributed by atoms with Crippen molar-refractivity contribution < 1.29 is 9.53 Å². The lowest BCUT2D eigenvalue weighted by atomic mass is 10.1. The summed E-state index contributed by atoms with van der Waals surface area (Å²) in [5.41, 5.74) is 2.16. The summed E-state index contributed by atoms with van der Waals surface area (Å²) < 4.78 is 5.55. The molecule has 0 aliphatic carbocycles. The van der Waals surface area contributed by atoms with Gasteiger partial charge in [0.05, 0.1) is 11.1 Å². The lowest BCUT2D eigenvalue weighted by Crippen LogP contribution is -2.06. The van der Waals surface area contributed by atoms with Gasteiger partial charge in [-0.1, -0.05) is 60.7 Å². The Morgan fingerprint density at radius 2 is 1.58 bits per heavy atom. The Kier molecular flexibility index (Phi) is 3.67. The molecule has 0 saturated heterocycles. The normalized spacial score (nSPS) is 10.8. The largest absolute Gasteiger partial charge is 0.457 e. The number of rotatable bonds is 3. The maximum absolute atomic E-state index is 12.5. The van der Waals surface area contributed by atoms with Crippen LogP contribution in [0.4, 0.5) is 0 Å². The Balaban J connectivity index is 1.62. The third kappa shape index (κ3) is 2.61. The van der Waals surface area contributed by atoms with Crippen LogP contribution in [-0.4, -0.2) is 11.0 Å². The van der Waals surface area contributed by atoms with E-state index in [2.05, 4.69) is 17.1 Å². The number of nitrogens with zero attached hydrogens (tertiary/aromatic N) is 1. The SMILES string of the molecule is O=C(OCc1cccc2ccccc12)c1cccc2cccnc12. The minimum absolute atomic E-state index is 0.239. The second-order valence-corrected chi connectivity index (χ2v) is 5.60. The highest BCUT2D eigenvalue weighted by atomic mass is 16.5. The van der Waals surface area contributed by atoms with Gasteiger partial charge in [-0.05, 0) is 28.5 Å². The topological polar surface area (TPSA) is 39.2 Å². The number of para-hydroxylation sites is 1. The predicted octanol–water partition coefficient (Wildman–Crippen LogP) is 4.75. The molecule has 24 heavy (non-hydrogen) atoms. The zero-order valence-electron chi connectivity index (χ0n) is 13.0. The fraction of sp³-hybridized carbons (Fsp3) is 0.0476. The van der Waals surface area contributed by atoms with E-state index in [0.717, 1.165) is 21.7 Å². The van der Waals surface area contributed by atoms with Crippen LogP contribution in [0.15, 0.2) is 79.0 Å². The van der Waals surface area contributed by atoms with Gasteiger partial charge in [-0.2, -0.15) is 0 Å². The number of pyridine rings is 1. The van der Waals surface area contributed by atoms with Gasteiger partial charge in [0.15, 0.2) is 0 Å². The maximum atomic E-state index is 12.5. The second-order valence-electron chi connectivity index (χ2n) is 5.60. The molecule has 3 nitrogen and oxygen atoms in total. The fourth-order valence-electron chi connectivity index (χ4n) is 2.91. The molecule has 4 rings (SSSR count). The van der Waals surface area contributed by atoms with Crippen molar-refractivity contribution >= 4 is 27.6 Å². The van der Waals surface area contributed by atoms with Crippen molar-refractivity contribution in [3.05, 3.63) is 90.1 Å². The van der Waals surface area contributed by atoms with Crippen LogP contribution in [0, 0.1) is 0 Å². The summed E-state index contributed by atoms with van der Waals surface area (Å²) in [5, 5.41) is 3.17. The van der Waals surface area contributed by atoms with Crippen molar-refractivity contribution in [2.24, 2.45) is 0 Å². The van der Waals surface area contributed by atoms with E-state index in [9.17, 15) is 4.79 Å². The van der Waals surface area contributed by atoms with Crippen molar-refractivity contribution in [2.45, 2.75) is 6.61 Å². The van der Waals surface area contributed by atoms with Gasteiger partial charge in [-0.3, -0.25) is 4.98 Å². The maximum Gasteiger partial charge on any atom is 0.340 e. The molecule has 4 aromatic rings. The van der Waals surface area contributed by atoms with Crippen LogP contribution < -0.4 is 0 Å². The number of hydrogen-bond acceptors (Lipinski definition) is 3. The molecule has 0 bridgehead atoms. The first kappa shape index (κ1) is 14.4. The number of carbonyl (C=O) groups excluding carboxylic acids is 1. The molecular formula is C21H15NO2. The van der Waals surface area contributed by atoms with E-state index >= 15 is 0 Å². The summed E-state index contributed by atoms with van der Waals surface area (Å²) in [6.45, 7) is 0.239. The molecule has 0 radical (unpaired) electrons. The smallest absolute Gasteiger partial charge is 0.340 e. The van der Waals surface area contributed by atoms with Crippen LogP contribution in [-0.2, 0) is 11.3 Å². The average molecular weight is 313 g/mol. The number of benzene rings is 3. The van der Waals surface area contributed by atoms with Gasteiger partial charge >= 0.3 is 5.97 Å². The molecule has 1 aromatic heterocycles. The molecule has 0 aliphatic rings. The highest BCUT2D eigenvalue weighted by Crippen LogP contribution is 2.21. The third-order valence-electron chi connectivity index (χ3n) is 4.09. The van der Waals surface area contributed by atoms with Crippen molar-refractivity contribution in [1.29, 1.82) is 0 Å². The van der Waals surface area contributed by atoms with Gasteiger partial charge < -0.3 is 4.74 Å². The van der Waals surface area contributed by atoms with Crippen LogP contribution in [0.1, 0.15) is 15.9 Å². The molecule has 0 N–H and O–H groups in total. The molecule has 116 valence electrons. The predicted molar refractivity (Wildman–Crippen MR) is 94.8 cm³/mol. The summed E-state index contributed by atoms with van der Waals surface area (Å²) in [6, 6.07) is 23.4. The summed E-state index contributed by atoms with van der Waals surface area (Å²) in [5.74, 6) is -0.354. The molecular weight excluding hydrogens is 298 g/mol. The summed E-state index contributed by atoms with van der Waals surface area (Å²) >= 11 is 0. The first-order chi connectivity index (χ1) is 11.8. The van der Waals surface area contributed by atoms with Crippen molar-refractivity contribution in [3.8, 4) is 0 Å². The minimum atomic E-state index is -0.354.